The van der Waals surface area contributed by atoms with E-state index in [2.05, 4.69) is 10.3 Å². The maximum absolute atomic E-state index is 11.7. The van der Waals surface area contributed by atoms with E-state index >= 15 is 0 Å². The molecule has 1 rings (SSSR count). The van der Waals surface area contributed by atoms with E-state index in [-0.39, 0.29) is 18.0 Å². The second kappa shape index (κ2) is 7.75. The number of nitrogens with two attached hydrogens (primary N) is 1. The van der Waals surface area contributed by atoms with Gasteiger partial charge in [-0.3, -0.25) is 9.78 Å². The van der Waals surface area contributed by atoms with Crippen LogP contribution in [-0.4, -0.2) is 40.0 Å². The summed E-state index contributed by atoms with van der Waals surface area (Å²) in [6.45, 7) is 0.174. The molecular formula is C12H17N3O3S. The van der Waals surface area contributed by atoms with Crippen LogP contribution in [-0.2, 0) is 11.3 Å². The van der Waals surface area contributed by atoms with Gasteiger partial charge in [0, 0.05) is 6.20 Å². The Balaban J connectivity index is 2.50. The number of aromatic nitrogens is 1. The summed E-state index contributed by atoms with van der Waals surface area (Å²) in [5, 5.41) is 11.5. The SMILES string of the molecule is CSCC[C@H](N)C(=O)NCc1cc(C(=O)O)ccn1. The van der Waals surface area contributed by atoms with Crippen LogP contribution in [0.3, 0.4) is 0 Å². The molecule has 1 atom stereocenters. The van der Waals surface area contributed by atoms with E-state index in [9.17, 15) is 9.59 Å². The highest BCUT2D eigenvalue weighted by molar-refractivity contribution is 7.98. The molecule has 0 aliphatic carbocycles. The van der Waals surface area contributed by atoms with E-state index in [0.717, 1.165) is 5.75 Å². The normalized spacial score (nSPS) is 11.9. The summed E-state index contributed by atoms with van der Waals surface area (Å²) in [6, 6.07) is 2.28. The minimum Gasteiger partial charge on any atom is -0.478 e. The van der Waals surface area contributed by atoms with Crippen LogP contribution >= 0.6 is 11.8 Å². The summed E-state index contributed by atoms with van der Waals surface area (Å²) in [5.74, 6) is -0.454. The van der Waals surface area contributed by atoms with Gasteiger partial charge >= 0.3 is 5.97 Å². The number of carbonyl (C=O) groups is 2. The van der Waals surface area contributed by atoms with Gasteiger partial charge in [-0.25, -0.2) is 4.79 Å². The summed E-state index contributed by atoms with van der Waals surface area (Å²) in [6.07, 6.45) is 3.96. The molecule has 6 nitrogen and oxygen atoms in total. The Morgan fingerprint density at radius 3 is 2.95 bits per heavy atom. The molecule has 0 bridgehead atoms. The van der Waals surface area contributed by atoms with E-state index in [1.54, 1.807) is 11.8 Å². The summed E-state index contributed by atoms with van der Waals surface area (Å²) in [5.41, 5.74) is 6.34. The van der Waals surface area contributed by atoms with Crippen molar-refractivity contribution in [2.75, 3.05) is 12.0 Å². The number of hydrogen-bond acceptors (Lipinski definition) is 5. The highest BCUT2D eigenvalue weighted by atomic mass is 32.2. The highest BCUT2D eigenvalue weighted by Crippen LogP contribution is 2.02. The topological polar surface area (TPSA) is 105 Å². The van der Waals surface area contributed by atoms with E-state index < -0.39 is 12.0 Å². The van der Waals surface area contributed by atoms with Gasteiger partial charge in [0.2, 0.25) is 5.91 Å². The average Bonchev–Trinajstić information content (AvgIpc) is 2.42. The zero-order chi connectivity index (χ0) is 14.3. The van der Waals surface area contributed by atoms with Crippen LogP contribution in [0.25, 0.3) is 0 Å². The first-order valence-corrected chi connectivity index (χ1v) is 7.14. The Bertz CT molecular complexity index is 454. The van der Waals surface area contributed by atoms with Crippen molar-refractivity contribution in [1.82, 2.24) is 10.3 Å². The first-order valence-electron chi connectivity index (χ1n) is 5.75. The lowest BCUT2D eigenvalue weighted by Crippen LogP contribution is -2.40. The number of nitrogens with zero attached hydrogens (tertiary/aromatic N) is 1. The monoisotopic (exact) mass is 283 g/mol. The Hall–Kier alpha value is -1.60. The van der Waals surface area contributed by atoms with Gasteiger partial charge in [0.1, 0.15) is 0 Å². The minimum atomic E-state index is -1.02. The van der Waals surface area contributed by atoms with Crippen LogP contribution < -0.4 is 11.1 Å². The molecule has 1 amide bonds. The third-order valence-electron chi connectivity index (χ3n) is 2.48. The van der Waals surface area contributed by atoms with E-state index in [1.165, 1.54) is 18.3 Å². The van der Waals surface area contributed by atoms with Crippen molar-refractivity contribution in [1.29, 1.82) is 0 Å². The van der Waals surface area contributed by atoms with E-state index in [4.69, 9.17) is 10.8 Å². The van der Waals surface area contributed by atoms with Crippen molar-refractivity contribution in [3.8, 4) is 0 Å². The molecule has 7 heteroatoms. The molecule has 1 aromatic rings. The maximum Gasteiger partial charge on any atom is 0.335 e. The number of nitrogens with one attached hydrogen (secondary N) is 1. The highest BCUT2D eigenvalue weighted by Gasteiger charge is 2.13. The Kier molecular flexibility index (Phi) is 6.31. The molecular weight excluding hydrogens is 266 g/mol. The lowest BCUT2D eigenvalue weighted by Gasteiger charge is -2.11. The van der Waals surface area contributed by atoms with Crippen molar-refractivity contribution in [2.24, 2.45) is 5.73 Å². The predicted molar refractivity (Wildman–Crippen MR) is 74.0 cm³/mol. The summed E-state index contributed by atoms with van der Waals surface area (Å²) < 4.78 is 0. The lowest BCUT2D eigenvalue weighted by atomic mass is 10.2. The molecule has 1 aromatic heterocycles. The first-order chi connectivity index (χ1) is 9.04. The molecule has 104 valence electrons. The third kappa shape index (κ3) is 5.27. The maximum atomic E-state index is 11.7. The molecule has 19 heavy (non-hydrogen) atoms. The third-order valence-corrected chi connectivity index (χ3v) is 3.12. The van der Waals surface area contributed by atoms with Crippen molar-refractivity contribution < 1.29 is 14.7 Å². The van der Waals surface area contributed by atoms with Gasteiger partial charge in [-0.05, 0) is 30.6 Å². The first kappa shape index (κ1) is 15.5. The van der Waals surface area contributed by atoms with Crippen molar-refractivity contribution in [3.63, 3.8) is 0 Å². The molecule has 0 spiro atoms. The Morgan fingerprint density at radius 2 is 2.32 bits per heavy atom. The second-order valence-corrected chi connectivity index (χ2v) is 4.93. The smallest absolute Gasteiger partial charge is 0.335 e. The molecule has 0 saturated carbocycles. The molecule has 1 heterocycles. The van der Waals surface area contributed by atoms with Crippen LogP contribution in [0.2, 0.25) is 0 Å². The number of pyridine rings is 1. The summed E-state index contributed by atoms with van der Waals surface area (Å²) >= 11 is 1.63. The van der Waals surface area contributed by atoms with Crippen molar-refractivity contribution >= 4 is 23.6 Å². The summed E-state index contributed by atoms with van der Waals surface area (Å²) in [4.78, 5) is 26.4. The van der Waals surface area contributed by atoms with E-state index in [1.807, 2.05) is 6.26 Å². The number of hydrogen-bond donors (Lipinski definition) is 3. The molecule has 0 aliphatic rings. The molecule has 0 radical (unpaired) electrons. The zero-order valence-electron chi connectivity index (χ0n) is 10.6. The zero-order valence-corrected chi connectivity index (χ0v) is 11.4. The van der Waals surface area contributed by atoms with Gasteiger partial charge in [-0.1, -0.05) is 0 Å². The number of aromatic carboxylic acids is 1. The van der Waals surface area contributed by atoms with Crippen LogP contribution in [0.15, 0.2) is 18.3 Å². The van der Waals surface area contributed by atoms with Crippen LogP contribution in [0, 0.1) is 0 Å². The van der Waals surface area contributed by atoms with Gasteiger partial charge in [0.15, 0.2) is 0 Å². The number of carboxylic acid groups (broad SMARTS) is 1. The fourth-order valence-corrected chi connectivity index (χ4v) is 1.88. The minimum absolute atomic E-state index is 0.144. The van der Waals surface area contributed by atoms with Crippen LogP contribution in [0.4, 0.5) is 0 Å². The molecule has 0 aliphatic heterocycles. The van der Waals surface area contributed by atoms with Crippen molar-refractivity contribution in [3.05, 3.63) is 29.6 Å². The number of carboxylic acids is 1. The number of amides is 1. The largest absolute Gasteiger partial charge is 0.478 e. The molecule has 0 fully saturated rings. The Morgan fingerprint density at radius 1 is 1.58 bits per heavy atom. The van der Waals surface area contributed by atoms with Gasteiger partial charge in [0.25, 0.3) is 0 Å². The lowest BCUT2D eigenvalue weighted by molar-refractivity contribution is -0.122. The summed E-state index contributed by atoms with van der Waals surface area (Å²) in [7, 11) is 0. The second-order valence-electron chi connectivity index (χ2n) is 3.95. The molecule has 4 N–H and O–H groups in total. The standard InChI is InChI=1S/C12H17N3O3S/c1-19-5-3-10(13)11(16)15-7-9-6-8(12(17)18)2-4-14-9/h2,4,6,10H,3,5,7,13H2,1H3,(H,15,16)(H,17,18)/t10-/m0/s1. The van der Waals surface area contributed by atoms with Crippen LogP contribution in [0.5, 0.6) is 0 Å². The average molecular weight is 283 g/mol. The number of rotatable bonds is 7. The van der Waals surface area contributed by atoms with Gasteiger partial charge in [0.05, 0.1) is 23.8 Å². The van der Waals surface area contributed by atoms with Crippen LogP contribution in [0.1, 0.15) is 22.5 Å². The molecule has 0 saturated heterocycles. The van der Waals surface area contributed by atoms with E-state index in [0.29, 0.717) is 12.1 Å². The molecule has 0 unspecified atom stereocenters. The van der Waals surface area contributed by atoms with Gasteiger partial charge in [-0.15, -0.1) is 0 Å². The van der Waals surface area contributed by atoms with Gasteiger partial charge < -0.3 is 16.2 Å². The fourth-order valence-electron chi connectivity index (χ4n) is 1.39. The number of carbonyl (C=O) groups excluding carboxylic acids is 1. The van der Waals surface area contributed by atoms with Crippen molar-refractivity contribution in [2.45, 2.75) is 19.0 Å². The molecule has 0 aromatic carbocycles. The predicted octanol–water partition coefficient (Wildman–Crippen LogP) is 0.476. The quantitative estimate of drug-likeness (QED) is 0.672. The van der Waals surface area contributed by atoms with Gasteiger partial charge in [-0.2, -0.15) is 11.8 Å². The number of thioether (sulfide) groups is 1. The fraction of sp³-hybridized carbons (Fsp3) is 0.417. The Labute approximate surface area is 115 Å².